The van der Waals surface area contributed by atoms with Gasteiger partial charge in [0.2, 0.25) is 0 Å². The van der Waals surface area contributed by atoms with Crippen molar-refractivity contribution in [1.82, 2.24) is 0 Å². The van der Waals surface area contributed by atoms with E-state index in [1.165, 1.54) is 7.11 Å². The van der Waals surface area contributed by atoms with Crippen molar-refractivity contribution in [3.05, 3.63) is 0 Å². The third-order valence-electron chi connectivity index (χ3n) is 1.14. The summed E-state index contributed by atoms with van der Waals surface area (Å²) < 4.78 is 4.53. The molecule has 0 saturated carbocycles. The molecule has 0 radical (unpaired) electrons. The van der Waals surface area contributed by atoms with Crippen molar-refractivity contribution < 1.29 is 9.53 Å². The summed E-state index contributed by atoms with van der Waals surface area (Å²) in [6.07, 6.45) is 0.826. The van der Waals surface area contributed by atoms with Gasteiger partial charge in [0.15, 0.2) is 0 Å². The van der Waals surface area contributed by atoms with E-state index >= 15 is 0 Å². The van der Waals surface area contributed by atoms with Gasteiger partial charge in [-0.1, -0.05) is 29.8 Å². The summed E-state index contributed by atoms with van der Waals surface area (Å²) in [5.74, 6) is 0.331. The van der Waals surface area contributed by atoms with Crippen LogP contribution in [-0.4, -0.2) is 17.9 Å². The third-order valence-corrected chi connectivity index (χ3v) is 1.88. The molecule has 3 heteroatoms. The van der Waals surface area contributed by atoms with Crippen LogP contribution < -0.4 is 0 Å². The molecule has 0 spiro atoms. The minimum absolute atomic E-state index is 0.141. The number of carbonyl (C=O) groups is 1. The van der Waals surface area contributed by atoms with E-state index in [0.717, 1.165) is 6.42 Å². The molecular weight excluding hydrogens is 196 g/mol. The number of hydrogen-bond donors (Lipinski definition) is 0. The summed E-state index contributed by atoms with van der Waals surface area (Å²) in [6, 6.07) is 0. The fourth-order valence-corrected chi connectivity index (χ4v) is 1.57. The fraction of sp³-hybridized carbons (Fsp3) is 0.857. The van der Waals surface area contributed by atoms with Gasteiger partial charge in [-0.2, -0.15) is 0 Å². The van der Waals surface area contributed by atoms with Crippen LogP contribution in [0.5, 0.6) is 0 Å². The molecule has 1 atom stereocenters. The van der Waals surface area contributed by atoms with Crippen LogP contribution in [-0.2, 0) is 9.53 Å². The van der Waals surface area contributed by atoms with Crippen molar-refractivity contribution >= 4 is 21.9 Å². The van der Waals surface area contributed by atoms with E-state index in [-0.39, 0.29) is 10.8 Å². The Morgan fingerprint density at radius 2 is 2.10 bits per heavy atom. The molecule has 10 heavy (non-hydrogen) atoms. The summed E-state index contributed by atoms with van der Waals surface area (Å²) in [5.41, 5.74) is 0. The first kappa shape index (κ1) is 9.95. The number of ether oxygens (including phenoxy) is 1. The Bertz CT molecular complexity index is 112. The smallest absolute Gasteiger partial charge is 0.319 e. The van der Waals surface area contributed by atoms with Crippen molar-refractivity contribution in [1.29, 1.82) is 0 Å². The average molecular weight is 209 g/mol. The van der Waals surface area contributed by atoms with Crippen LogP contribution in [0.1, 0.15) is 20.3 Å². The highest BCUT2D eigenvalue weighted by Gasteiger charge is 2.15. The molecule has 0 aromatic carbocycles. The zero-order valence-electron chi connectivity index (χ0n) is 6.56. The maximum atomic E-state index is 10.8. The molecule has 0 aromatic rings. The molecule has 0 aliphatic rings. The second-order valence-electron chi connectivity index (χ2n) is 2.62. The largest absolute Gasteiger partial charge is 0.468 e. The highest BCUT2D eigenvalue weighted by molar-refractivity contribution is 9.10. The third kappa shape index (κ3) is 3.88. The molecule has 60 valence electrons. The number of carbonyl (C=O) groups excluding carboxylic acids is 1. The lowest BCUT2D eigenvalue weighted by atomic mass is 10.1. The lowest BCUT2D eigenvalue weighted by Gasteiger charge is -2.08. The number of esters is 1. The molecule has 0 saturated heterocycles. The van der Waals surface area contributed by atoms with E-state index in [2.05, 4.69) is 34.5 Å². The summed E-state index contributed by atoms with van der Waals surface area (Å²) in [5, 5.41) is 0. The fourth-order valence-electron chi connectivity index (χ4n) is 0.638. The highest BCUT2D eigenvalue weighted by Crippen LogP contribution is 2.13. The Morgan fingerprint density at radius 3 is 2.40 bits per heavy atom. The van der Waals surface area contributed by atoms with Gasteiger partial charge in [-0.05, 0) is 12.3 Å². The molecule has 0 unspecified atom stereocenters. The molecule has 0 aromatic heterocycles. The van der Waals surface area contributed by atoms with E-state index in [4.69, 9.17) is 0 Å². The van der Waals surface area contributed by atoms with Crippen molar-refractivity contribution in [3.8, 4) is 0 Å². The lowest BCUT2D eigenvalue weighted by molar-refractivity contribution is -0.140. The number of hydrogen-bond acceptors (Lipinski definition) is 2. The van der Waals surface area contributed by atoms with Gasteiger partial charge >= 0.3 is 5.97 Å². The van der Waals surface area contributed by atoms with E-state index in [9.17, 15) is 4.79 Å². The van der Waals surface area contributed by atoms with Gasteiger partial charge in [0.1, 0.15) is 4.83 Å². The molecule has 0 N–H and O–H groups in total. The molecule has 0 fully saturated rings. The Labute approximate surface area is 70.1 Å². The van der Waals surface area contributed by atoms with Crippen molar-refractivity contribution in [2.24, 2.45) is 5.92 Å². The van der Waals surface area contributed by atoms with Crippen LogP contribution in [0.2, 0.25) is 0 Å². The van der Waals surface area contributed by atoms with Crippen LogP contribution in [0.4, 0.5) is 0 Å². The maximum Gasteiger partial charge on any atom is 0.319 e. The van der Waals surface area contributed by atoms with Gasteiger partial charge < -0.3 is 4.74 Å². The van der Waals surface area contributed by atoms with E-state index in [0.29, 0.717) is 5.92 Å². The van der Waals surface area contributed by atoms with E-state index in [1.807, 2.05) is 0 Å². The van der Waals surface area contributed by atoms with Crippen LogP contribution in [0.15, 0.2) is 0 Å². The summed E-state index contributed by atoms with van der Waals surface area (Å²) >= 11 is 3.23. The second kappa shape index (κ2) is 4.72. The van der Waals surface area contributed by atoms with Gasteiger partial charge in [0.05, 0.1) is 7.11 Å². The molecule has 0 heterocycles. The molecule has 0 aliphatic carbocycles. The molecular formula is C7H13BrO2. The molecule has 0 amide bonds. The highest BCUT2D eigenvalue weighted by atomic mass is 79.9. The maximum absolute atomic E-state index is 10.8. The normalized spacial score (nSPS) is 13.3. The van der Waals surface area contributed by atoms with Crippen molar-refractivity contribution in [2.75, 3.05) is 7.11 Å². The quantitative estimate of drug-likeness (QED) is 0.524. The lowest BCUT2D eigenvalue weighted by Crippen LogP contribution is -2.17. The predicted octanol–water partition coefficient (Wildman–Crippen LogP) is 1.97. The van der Waals surface area contributed by atoms with E-state index in [1.54, 1.807) is 0 Å². The first-order valence-corrected chi connectivity index (χ1v) is 4.21. The summed E-state index contributed by atoms with van der Waals surface area (Å²) in [6.45, 7) is 4.13. The van der Waals surface area contributed by atoms with Crippen molar-refractivity contribution in [2.45, 2.75) is 25.1 Å². The Balaban J connectivity index is 3.61. The van der Waals surface area contributed by atoms with Gasteiger partial charge in [-0.3, -0.25) is 4.79 Å². The monoisotopic (exact) mass is 208 g/mol. The van der Waals surface area contributed by atoms with Crippen molar-refractivity contribution in [3.63, 3.8) is 0 Å². The molecule has 0 aliphatic heterocycles. The SMILES string of the molecule is COC(=O)[C@@H](Br)CC(C)C. The van der Waals surface area contributed by atoms with Crippen LogP contribution in [0.3, 0.4) is 0 Å². The van der Waals surface area contributed by atoms with Crippen LogP contribution in [0, 0.1) is 5.92 Å². The van der Waals surface area contributed by atoms with Crippen LogP contribution >= 0.6 is 15.9 Å². The average Bonchev–Trinajstić information content (AvgIpc) is 1.85. The van der Waals surface area contributed by atoms with Gasteiger partial charge in [-0.15, -0.1) is 0 Å². The standard InChI is InChI=1S/C7H13BrO2/c1-5(2)4-6(8)7(9)10-3/h5-6H,4H2,1-3H3/t6-/m0/s1. The molecule has 2 nitrogen and oxygen atoms in total. The Hall–Kier alpha value is -0.0500. The van der Waals surface area contributed by atoms with Gasteiger partial charge in [-0.25, -0.2) is 0 Å². The first-order valence-electron chi connectivity index (χ1n) is 3.29. The van der Waals surface area contributed by atoms with Crippen LogP contribution in [0.25, 0.3) is 0 Å². The number of halogens is 1. The number of rotatable bonds is 3. The molecule has 0 rings (SSSR count). The van der Waals surface area contributed by atoms with E-state index < -0.39 is 0 Å². The minimum atomic E-state index is -0.186. The second-order valence-corrected chi connectivity index (χ2v) is 3.73. The summed E-state index contributed by atoms with van der Waals surface area (Å²) in [4.78, 5) is 10.6. The molecule has 0 bridgehead atoms. The number of alkyl halides is 1. The Morgan fingerprint density at radius 1 is 1.60 bits per heavy atom. The Kier molecular flexibility index (Phi) is 4.69. The minimum Gasteiger partial charge on any atom is -0.468 e. The number of methoxy groups -OCH3 is 1. The first-order chi connectivity index (χ1) is 4.57. The van der Waals surface area contributed by atoms with Gasteiger partial charge in [0.25, 0.3) is 0 Å². The summed E-state index contributed by atoms with van der Waals surface area (Å²) in [7, 11) is 1.40. The zero-order chi connectivity index (χ0) is 8.15. The van der Waals surface area contributed by atoms with Gasteiger partial charge in [0, 0.05) is 0 Å². The topological polar surface area (TPSA) is 26.3 Å². The predicted molar refractivity (Wildman–Crippen MR) is 44.2 cm³/mol. The zero-order valence-corrected chi connectivity index (χ0v) is 8.14.